The van der Waals surface area contributed by atoms with E-state index in [1.807, 2.05) is 6.92 Å². The van der Waals surface area contributed by atoms with E-state index in [2.05, 4.69) is 66.2 Å². The van der Waals surface area contributed by atoms with Gasteiger partial charge < -0.3 is 4.90 Å². The molecule has 0 bridgehead atoms. The van der Waals surface area contributed by atoms with Crippen LogP contribution in [0.4, 0.5) is 0 Å². The fraction of sp³-hybridized carbons (Fsp3) is 0.391. The van der Waals surface area contributed by atoms with Crippen LogP contribution in [0.2, 0.25) is 0 Å². The van der Waals surface area contributed by atoms with E-state index in [0.29, 0.717) is 0 Å². The Morgan fingerprint density at radius 1 is 1.04 bits per heavy atom. The van der Waals surface area contributed by atoms with E-state index in [9.17, 15) is 0 Å². The Hall–Kier alpha value is -2.26. The molecule has 1 fully saturated rings. The zero-order valence-electron chi connectivity index (χ0n) is 16.0. The zero-order valence-corrected chi connectivity index (χ0v) is 16.0. The maximum atomic E-state index is 4.88. The van der Waals surface area contributed by atoms with Crippen LogP contribution in [0.1, 0.15) is 36.7 Å². The molecular weight excluding hydrogens is 318 g/mol. The van der Waals surface area contributed by atoms with E-state index in [4.69, 9.17) is 4.98 Å². The maximum Gasteiger partial charge on any atom is 0.0727 e. The van der Waals surface area contributed by atoms with Crippen LogP contribution in [0, 0.1) is 13.8 Å². The number of pyridine rings is 2. The first-order chi connectivity index (χ1) is 12.6. The van der Waals surface area contributed by atoms with Crippen LogP contribution in [0.25, 0.3) is 22.2 Å². The highest BCUT2D eigenvalue weighted by Gasteiger charge is 2.19. The summed E-state index contributed by atoms with van der Waals surface area (Å²) >= 11 is 0. The maximum absolute atomic E-state index is 4.88. The van der Waals surface area contributed by atoms with Crippen molar-refractivity contribution in [2.45, 2.75) is 46.1 Å². The molecule has 26 heavy (non-hydrogen) atoms. The molecule has 2 aromatic heterocycles. The van der Waals surface area contributed by atoms with E-state index in [-0.39, 0.29) is 0 Å². The largest absolute Gasteiger partial charge is 0.300 e. The van der Waals surface area contributed by atoms with Crippen molar-refractivity contribution in [3.05, 3.63) is 59.4 Å². The molecule has 1 saturated heterocycles. The highest BCUT2D eigenvalue weighted by atomic mass is 15.2. The van der Waals surface area contributed by atoms with Gasteiger partial charge in [0.15, 0.2) is 0 Å². The van der Waals surface area contributed by atoms with Crippen molar-refractivity contribution in [3.8, 4) is 11.3 Å². The molecule has 4 rings (SSSR count). The van der Waals surface area contributed by atoms with E-state index in [1.54, 1.807) is 0 Å². The van der Waals surface area contributed by atoms with Crippen molar-refractivity contribution in [3.63, 3.8) is 0 Å². The molecule has 0 unspecified atom stereocenters. The summed E-state index contributed by atoms with van der Waals surface area (Å²) in [5.74, 6) is 0. The number of aryl methyl sites for hydroxylation is 2. The van der Waals surface area contributed by atoms with Gasteiger partial charge in [-0.2, -0.15) is 0 Å². The molecule has 1 aliphatic heterocycles. The van der Waals surface area contributed by atoms with Gasteiger partial charge in [0.1, 0.15) is 0 Å². The minimum absolute atomic E-state index is 0.742. The molecule has 0 aliphatic carbocycles. The number of aromatic nitrogens is 2. The molecule has 0 radical (unpaired) electrons. The molecule has 3 heteroatoms. The minimum atomic E-state index is 0.742. The second kappa shape index (κ2) is 7.16. The molecule has 1 atom stereocenters. The topological polar surface area (TPSA) is 29.0 Å². The molecule has 0 amide bonds. The van der Waals surface area contributed by atoms with Gasteiger partial charge in [-0.3, -0.25) is 4.98 Å². The van der Waals surface area contributed by atoms with Gasteiger partial charge in [-0.15, -0.1) is 0 Å². The van der Waals surface area contributed by atoms with Crippen LogP contribution in [-0.4, -0.2) is 34.0 Å². The van der Waals surface area contributed by atoms with Crippen molar-refractivity contribution in [1.29, 1.82) is 0 Å². The summed E-state index contributed by atoms with van der Waals surface area (Å²) in [5, 5.41) is 1.22. The summed E-state index contributed by atoms with van der Waals surface area (Å²) in [4.78, 5) is 12.1. The Balaban J connectivity index is 1.56. The van der Waals surface area contributed by atoms with Gasteiger partial charge in [-0.05, 0) is 82.5 Å². The lowest BCUT2D eigenvalue weighted by atomic mass is 10.0. The standard InChI is InChI=1S/C23H27N3/c1-16-6-9-21(18(3)24-16)23-11-8-20-15-19(7-10-22(20)25-23)12-14-26-13-4-5-17(26)2/h6-11,15,17H,4-5,12-14H2,1-3H3/t17-/m1/s1. The molecule has 3 nitrogen and oxygen atoms in total. The van der Waals surface area contributed by atoms with Gasteiger partial charge in [0.2, 0.25) is 0 Å². The highest BCUT2D eigenvalue weighted by Crippen LogP contribution is 2.24. The Bertz CT molecular complexity index is 932. The van der Waals surface area contributed by atoms with Crippen molar-refractivity contribution < 1.29 is 0 Å². The summed E-state index contributed by atoms with van der Waals surface area (Å²) < 4.78 is 0. The number of fused-ring (bicyclic) bond motifs is 1. The molecule has 1 aromatic carbocycles. The van der Waals surface area contributed by atoms with Crippen molar-refractivity contribution >= 4 is 10.9 Å². The van der Waals surface area contributed by atoms with Crippen LogP contribution in [-0.2, 0) is 6.42 Å². The lowest BCUT2D eigenvalue weighted by Crippen LogP contribution is -2.28. The number of hydrogen-bond acceptors (Lipinski definition) is 3. The van der Waals surface area contributed by atoms with E-state index >= 15 is 0 Å². The minimum Gasteiger partial charge on any atom is -0.300 e. The summed E-state index contributed by atoms with van der Waals surface area (Å²) in [6.07, 6.45) is 3.81. The van der Waals surface area contributed by atoms with Gasteiger partial charge in [-0.25, -0.2) is 4.98 Å². The smallest absolute Gasteiger partial charge is 0.0727 e. The first-order valence-corrected chi connectivity index (χ1v) is 9.68. The quantitative estimate of drug-likeness (QED) is 0.670. The van der Waals surface area contributed by atoms with Crippen molar-refractivity contribution in [2.75, 3.05) is 13.1 Å². The second-order valence-electron chi connectivity index (χ2n) is 7.59. The number of likely N-dealkylation sites (tertiary alicyclic amines) is 1. The van der Waals surface area contributed by atoms with Crippen LogP contribution >= 0.6 is 0 Å². The van der Waals surface area contributed by atoms with Gasteiger partial charge in [0, 0.05) is 34.9 Å². The molecule has 1 aliphatic rings. The average Bonchev–Trinajstić information content (AvgIpc) is 3.04. The fourth-order valence-corrected chi connectivity index (χ4v) is 4.04. The molecule has 0 spiro atoms. The predicted octanol–water partition coefficient (Wildman–Crippen LogP) is 4.94. The number of hydrogen-bond donors (Lipinski definition) is 0. The van der Waals surface area contributed by atoms with E-state index in [1.165, 1.54) is 30.3 Å². The molecule has 0 saturated carbocycles. The van der Waals surface area contributed by atoms with Gasteiger partial charge in [-0.1, -0.05) is 12.1 Å². The SMILES string of the molecule is Cc1ccc(-c2ccc3cc(CCN4CCC[C@H]4C)ccc3n2)c(C)n1. The van der Waals surface area contributed by atoms with Crippen LogP contribution in [0.5, 0.6) is 0 Å². The molecular formula is C23H27N3. The lowest BCUT2D eigenvalue weighted by molar-refractivity contribution is 0.272. The summed E-state index contributed by atoms with van der Waals surface area (Å²) in [6, 6.07) is 15.9. The Morgan fingerprint density at radius 2 is 1.92 bits per heavy atom. The molecule has 3 aromatic rings. The van der Waals surface area contributed by atoms with Crippen LogP contribution in [0.3, 0.4) is 0 Å². The third-order valence-corrected chi connectivity index (χ3v) is 5.63. The Morgan fingerprint density at radius 3 is 2.69 bits per heavy atom. The van der Waals surface area contributed by atoms with Crippen LogP contribution in [0.15, 0.2) is 42.5 Å². The van der Waals surface area contributed by atoms with Crippen molar-refractivity contribution in [2.24, 2.45) is 0 Å². The molecule has 134 valence electrons. The lowest BCUT2D eigenvalue weighted by Gasteiger charge is -2.20. The van der Waals surface area contributed by atoms with E-state index in [0.717, 1.165) is 47.2 Å². The predicted molar refractivity (Wildman–Crippen MR) is 108 cm³/mol. The van der Waals surface area contributed by atoms with Gasteiger partial charge in [0.05, 0.1) is 11.2 Å². The third kappa shape index (κ3) is 3.49. The Labute approximate surface area is 156 Å². The summed E-state index contributed by atoms with van der Waals surface area (Å²) in [7, 11) is 0. The average molecular weight is 345 g/mol. The first-order valence-electron chi connectivity index (χ1n) is 9.68. The summed E-state index contributed by atoms with van der Waals surface area (Å²) in [5.41, 5.74) is 6.66. The first kappa shape index (κ1) is 17.2. The molecule has 3 heterocycles. The van der Waals surface area contributed by atoms with Gasteiger partial charge >= 0.3 is 0 Å². The van der Waals surface area contributed by atoms with Gasteiger partial charge in [0.25, 0.3) is 0 Å². The number of rotatable bonds is 4. The second-order valence-corrected chi connectivity index (χ2v) is 7.59. The third-order valence-electron chi connectivity index (χ3n) is 5.63. The number of benzene rings is 1. The highest BCUT2D eigenvalue weighted by molar-refractivity contribution is 5.82. The normalized spacial score (nSPS) is 17.9. The number of nitrogens with zero attached hydrogens (tertiary/aromatic N) is 3. The van der Waals surface area contributed by atoms with E-state index < -0.39 is 0 Å². The fourth-order valence-electron chi connectivity index (χ4n) is 4.04. The summed E-state index contributed by atoms with van der Waals surface area (Å²) in [6.45, 7) is 8.84. The monoisotopic (exact) mass is 345 g/mol. The Kier molecular flexibility index (Phi) is 4.73. The van der Waals surface area contributed by atoms with Crippen molar-refractivity contribution in [1.82, 2.24) is 14.9 Å². The molecule has 0 N–H and O–H groups in total. The van der Waals surface area contributed by atoms with Crippen LogP contribution < -0.4 is 0 Å². The zero-order chi connectivity index (χ0) is 18.1.